The van der Waals surface area contributed by atoms with Gasteiger partial charge in [0.1, 0.15) is 0 Å². The highest BCUT2D eigenvalue weighted by atomic mass is 16.3. The van der Waals surface area contributed by atoms with Crippen molar-refractivity contribution < 1.29 is 10.2 Å². The molecule has 0 aliphatic rings. The molecular formula is C14H23NO2. The molecule has 0 amide bonds. The van der Waals surface area contributed by atoms with Gasteiger partial charge in [0, 0.05) is 13.1 Å². The minimum atomic E-state index is -1.05. The Balaban J connectivity index is 2.64. The number of aryl methyl sites for hydroxylation is 3. The molecule has 0 saturated carbocycles. The Morgan fingerprint density at radius 2 is 1.71 bits per heavy atom. The van der Waals surface area contributed by atoms with E-state index in [2.05, 4.69) is 38.2 Å². The largest absolute Gasteiger partial charge is 0.393 e. The number of aliphatic hydroxyl groups excluding tert-OH is 1. The summed E-state index contributed by atoms with van der Waals surface area (Å²) in [7, 11) is 0. The second-order valence-corrected chi connectivity index (χ2v) is 5.14. The Hall–Kier alpha value is -0.900. The lowest BCUT2D eigenvalue weighted by Crippen LogP contribution is -2.40. The maximum atomic E-state index is 9.67. The summed E-state index contributed by atoms with van der Waals surface area (Å²) in [5, 5.41) is 21.8. The number of nitrogens with one attached hydrogen (secondary N) is 1. The molecule has 0 aliphatic heterocycles. The molecule has 0 spiro atoms. The first-order chi connectivity index (χ1) is 7.85. The highest BCUT2D eigenvalue weighted by molar-refractivity contribution is 5.37. The van der Waals surface area contributed by atoms with Crippen LogP contribution in [0, 0.1) is 20.8 Å². The van der Waals surface area contributed by atoms with Crippen LogP contribution >= 0.6 is 0 Å². The molecule has 1 aromatic carbocycles. The van der Waals surface area contributed by atoms with E-state index in [1.54, 1.807) is 6.92 Å². The summed E-state index contributed by atoms with van der Waals surface area (Å²) in [4.78, 5) is 0. The van der Waals surface area contributed by atoms with Gasteiger partial charge in [-0.05, 0) is 44.4 Å². The van der Waals surface area contributed by atoms with E-state index in [-0.39, 0.29) is 6.61 Å². The Morgan fingerprint density at radius 1 is 1.18 bits per heavy atom. The molecule has 0 bridgehead atoms. The third kappa shape index (κ3) is 4.11. The standard InChI is InChI=1S/C14H23NO2/c1-10-5-11(2)13(12(3)6-10)7-15-8-14(4,17)9-16/h5-6,15-17H,7-9H2,1-4H3. The van der Waals surface area contributed by atoms with Crippen molar-refractivity contribution in [1.29, 1.82) is 0 Å². The van der Waals surface area contributed by atoms with Crippen LogP contribution < -0.4 is 5.32 Å². The van der Waals surface area contributed by atoms with Crippen molar-refractivity contribution in [3.63, 3.8) is 0 Å². The molecular weight excluding hydrogens is 214 g/mol. The predicted octanol–water partition coefficient (Wildman–Crippen LogP) is 1.44. The van der Waals surface area contributed by atoms with Crippen LogP contribution in [-0.4, -0.2) is 29.0 Å². The minimum absolute atomic E-state index is 0.230. The Morgan fingerprint density at radius 3 is 2.18 bits per heavy atom. The number of hydrogen-bond acceptors (Lipinski definition) is 3. The first kappa shape index (κ1) is 14.2. The van der Waals surface area contributed by atoms with Crippen LogP contribution in [0.3, 0.4) is 0 Å². The topological polar surface area (TPSA) is 52.5 Å². The lowest BCUT2D eigenvalue weighted by molar-refractivity contribution is 0.00252. The smallest absolute Gasteiger partial charge is 0.0972 e. The third-order valence-corrected chi connectivity index (χ3v) is 2.99. The fourth-order valence-corrected chi connectivity index (χ4v) is 2.00. The minimum Gasteiger partial charge on any atom is -0.393 e. The van der Waals surface area contributed by atoms with Gasteiger partial charge in [-0.15, -0.1) is 0 Å². The summed E-state index contributed by atoms with van der Waals surface area (Å²) in [6.45, 7) is 8.78. The molecule has 3 nitrogen and oxygen atoms in total. The van der Waals surface area contributed by atoms with Crippen molar-refractivity contribution in [3.05, 3.63) is 34.4 Å². The van der Waals surface area contributed by atoms with E-state index < -0.39 is 5.60 Å². The Bertz CT molecular complexity index is 363. The summed E-state index contributed by atoms with van der Waals surface area (Å²) < 4.78 is 0. The molecule has 1 aromatic rings. The molecule has 0 fully saturated rings. The SMILES string of the molecule is Cc1cc(C)c(CNCC(C)(O)CO)c(C)c1. The van der Waals surface area contributed by atoms with Crippen LogP contribution in [0.2, 0.25) is 0 Å². The van der Waals surface area contributed by atoms with Crippen molar-refractivity contribution in [2.75, 3.05) is 13.2 Å². The van der Waals surface area contributed by atoms with Crippen LogP contribution in [0.15, 0.2) is 12.1 Å². The van der Waals surface area contributed by atoms with E-state index in [4.69, 9.17) is 5.11 Å². The van der Waals surface area contributed by atoms with Crippen LogP contribution in [0.4, 0.5) is 0 Å². The molecule has 96 valence electrons. The van der Waals surface area contributed by atoms with Crippen LogP contribution in [0.5, 0.6) is 0 Å². The summed E-state index contributed by atoms with van der Waals surface area (Å²) in [6, 6.07) is 4.32. The van der Waals surface area contributed by atoms with Gasteiger partial charge in [-0.3, -0.25) is 0 Å². The van der Waals surface area contributed by atoms with Gasteiger partial charge in [-0.1, -0.05) is 17.7 Å². The van der Waals surface area contributed by atoms with Crippen LogP contribution in [0.1, 0.15) is 29.2 Å². The van der Waals surface area contributed by atoms with Crippen LogP contribution in [-0.2, 0) is 6.54 Å². The van der Waals surface area contributed by atoms with Crippen molar-refractivity contribution in [1.82, 2.24) is 5.32 Å². The fraction of sp³-hybridized carbons (Fsp3) is 0.571. The lowest BCUT2D eigenvalue weighted by Gasteiger charge is -2.21. The predicted molar refractivity (Wildman–Crippen MR) is 70.1 cm³/mol. The van der Waals surface area contributed by atoms with Crippen molar-refractivity contribution in [2.24, 2.45) is 0 Å². The van der Waals surface area contributed by atoms with Gasteiger partial charge < -0.3 is 15.5 Å². The summed E-state index contributed by atoms with van der Waals surface area (Å²) in [5.41, 5.74) is 4.01. The number of rotatable bonds is 5. The molecule has 1 atom stereocenters. The summed E-state index contributed by atoms with van der Waals surface area (Å²) in [5.74, 6) is 0. The monoisotopic (exact) mass is 237 g/mol. The van der Waals surface area contributed by atoms with Gasteiger partial charge >= 0.3 is 0 Å². The highest BCUT2D eigenvalue weighted by Crippen LogP contribution is 2.16. The van der Waals surface area contributed by atoms with E-state index >= 15 is 0 Å². The normalized spacial score (nSPS) is 14.7. The molecule has 17 heavy (non-hydrogen) atoms. The van der Waals surface area contributed by atoms with E-state index in [0.29, 0.717) is 13.1 Å². The first-order valence-electron chi connectivity index (χ1n) is 5.96. The molecule has 1 rings (SSSR count). The number of benzene rings is 1. The van der Waals surface area contributed by atoms with Crippen molar-refractivity contribution >= 4 is 0 Å². The van der Waals surface area contributed by atoms with Gasteiger partial charge in [0.2, 0.25) is 0 Å². The van der Waals surface area contributed by atoms with Crippen molar-refractivity contribution in [2.45, 2.75) is 39.8 Å². The highest BCUT2D eigenvalue weighted by Gasteiger charge is 2.18. The van der Waals surface area contributed by atoms with E-state index in [1.807, 2.05) is 0 Å². The Labute approximate surface area is 103 Å². The second-order valence-electron chi connectivity index (χ2n) is 5.14. The summed E-state index contributed by atoms with van der Waals surface area (Å²) in [6.07, 6.45) is 0. The lowest BCUT2D eigenvalue weighted by atomic mass is 9.99. The van der Waals surface area contributed by atoms with E-state index in [1.165, 1.54) is 22.3 Å². The average Bonchev–Trinajstić information content (AvgIpc) is 2.22. The van der Waals surface area contributed by atoms with Crippen molar-refractivity contribution in [3.8, 4) is 0 Å². The zero-order valence-electron chi connectivity index (χ0n) is 11.2. The number of aliphatic hydroxyl groups is 2. The third-order valence-electron chi connectivity index (χ3n) is 2.99. The maximum Gasteiger partial charge on any atom is 0.0972 e. The molecule has 0 heterocycles. The van der Waals surface area contributed by atoms with Gasteiger partial charge in [0.05, 0.1) is 12.2 Å². The maximum absolute atomic E-state index is 9.67. The molecule has 0 aliphatic carbocycles. The average molecular weight is 237 g/mol. The molecule has 3 N–H and O–H groups in total. The molecule has 0 aromatic heterocycles. The Kier molecular flexibility index (Phi) is 4.69. The van der Waals surface area contributed by atoms with Gasteiger partial charge in [-0.2, -0.15) is 0 Å². The summed E-state index contributed by atoms with van der Waals surface area (Å²) >= 11 is 0. The molecule has 0 radical (unpaired) electrons. The van der Waals surface area contributed by atoms with E-state index in [0.717, 1.165) is 0 Å². The van der Waals surface area contributed by atoms with Gasteiger partial charge in [0.15, 0.2) is 0 Å². The first-order valence-corrected chi connectivity index (χ1v) is 5.96. The molecule has 1 unspecified atom stereocenters. The zero-order chi connectivity index (χ0) is 13.1. The zero-order valence-corrected chi connectivity index (χ0v) is 11.2. The van der Waals surface area contributed by atoms with Gasteiger partial charge in [0.25, 0.3) is 0 Å². The fourth-order valence-electron chi connectivity index (χ4n) is 2.00. The van der Waals surface area contributed by atoms with E-state index in [9.17, 15) is 5.11 Å². The quantitative estimate of drug-likeness (QED) is 0.726. The van der Waals surface area contributed by atoms with Gasteiger partial charge in [-0.25, -0.2) is 0 Å². The second kappa shape index (κ2) is 5.63. The van der Waals surface area contributed by atoms with Crippen LogP contribution in [0.25, 0.3) is 0 Å². The number of hydrogen-bond donors (Lipinski definition) is 3. The molecule has 0 saturated heterocycles. The molecule has 3 heteroatoms.